The van der Waals surface area contributed by atoms with E-state index in [4.69, 9.17) is 10.5 Å². The van der Waals surface area contributed by atoms with Crippen LogP contribution in [0.5, 0.6) is 0 Å². The lowest BCUT2D eigenvalue weighted by Crippen LogP contribution is -2.33. The Labute approximate surface area is 168 Å². The molecule has 0 saturated carbocycles. The van der Waals surface area contributed by atoms with Gasteiger partial charge < -0.3 is 25.8 Å². The van der Waals surface area contributed by atoms with Gasteiger partial charge in [-0.25, -0.2) is 15.0 Å². The molecule has 5 N–H and O–H groups in total. The summed E-state index contributed by atoms with van der Waals surface area (Å²) in [6.45, 7) is -0.498. The van der Waals surface area contributed by atoms with Crippen LogP contribution < -0.4 is 5.73 Å². The molecule has 0 bridgehead atoms. The fraction of sp³-hybridized carbons (Fsp3) is 0.278. The predicted molar refractivity (Wildman–Crippen MR) is 102 cm³/mol. The highest BCUT2D eigenvalue weighted by Crippen LogP contribution is 2.33. The number of hydrogen-bond donors (Lipinski definition) is 4. The molecule has 4 rings (SSSR count). The zero-order valence-corrected chi connectivity index (χ0v) is 15.3. The van der Waals surface area contributed by atoms with Crippen LogP contribution in [-0.2, 0) is 4.74 Å². The maximum atomic E-state index is 10.8. The second kappa shape index (κ2) is 7.65. The molecule has 3 aromatic rings. The van der Waals surface area contributed by atoms with Crippen LogP contribution in [0, 0.1) is 22.0 Å². The molecule has 0 spiro atoms. The van der Waals surface area contributed by atoms with Gasteiger partial charge in [0, 0.05) is 17.7 Å². The first kappa shape index (κ1) is 19.7. The van der Waals surface area contributed by atoms with Crippen molar-refractivity contribution in [3.8, 4) is 11.8 Å². The van der Waals surface area contributed by atoms with Gasteiger partial charge in [-0.3, -0.25) is 14.7 Å². The fourth-order valence-electron chi connectivity index (χ4n) is 3.14. The minimum Gasteiger partial charge on any atom is -0.394 e. The molecule has 4 atom stereocenters. The Kier molecular flexibility index (Phi) is 5.02. The van der Waals surface area contributed by atoms with Crippen molar-refractivity contribution in [3.05, 3.63) is 52.1 Å². The van der Waals surface area contributed by atoms with E-state index in [1.165, 1.54) is 35.2 Å². The Hall–Kier alpha value is -3.63. The normalized spacial score (nSPS) is 23.3. The molecule has 154 valence electrons. The van der Waals surface area contributed by atoms with E-state index in [0.29, 0.717) is 5.56 Å². The monoisotopic (exact) mass is 412 g/mol. The second-order valence-corrected chi connectivity index (χ2v) is 6.52. The van der Waals surface area contributed by atoms with Crippen LogP contribution in [0.2, 0.25) is 0 Å². The zero-order valence-electron chi connectivity index (χ0n) is 15.3. The molecule has 2 aromatic heterocycles. The first-order valence-electron chi connectivity index (χ1n) is 8.78. The third-order valence-electron chi connectivity index (χ3n) is 4.67. The lowest BCUT2D eigenvalue weighted by Gasteiger charge is -2.17. The number of nitro groups is 1. The van der Waals surface area contributed by atoms with Crippen molar-refractivity contribution in [2.24, 2.45) is 0 Å². The summed E-state index contributed by atoms with van der Waals surface area (Å²) in [4.78, 5) is 22.6. The number of benzene rings is 1. The highest BCUT2D eigenvalue weighted by Gasteiger charge is 2.44. The summed E-state index contributed by atoms with van der Waals surface area (Å²) in [5.74, 6) is 5.85. The molecule has 1 saturated heterocycles. The second-order valence-electron chi connectivity index (χ2n) is 6.52. The Morgan fingerprint density at radius 1 is 1.20 bits per heavy atom. The Bertz CT molecular complexity index is 1170. The van der Waals surface area contributed by atoms with E-state index in [9.17, 15) is 25.4 Å². The number of fused-ring (bicyclic) bond motifs is 1. The minimum absolute atomic E-state index is 0.0673. The van der Waals surface area contributed by atoms with Crippen LogP contribution in [0.25, 0.3) is 11.2 Å². The van der Waals surface area contributed by atoms with Gasteiger partial charge in [-0.2, -0.15) is 0 Å². The Morgan fingerprint density at radius 2 is 1.93 bits per heavy atom. The molecular weight excluding hydrogens is 396 g/mol. The number of aromatic nitrogens is 4. The number of imidazole rings is 1. The number of aliphatic hydroxyl groups is 3. The zero-order chi connectivity index (χ0) is 21.4. The molecule has 0 aliphatic carbocycles. The molecule has 1 aliphatic rings. The van der Waals surface area contributed by atoms with Gasteiger partial charge in [-0.05, 0) is 18.1 Å². The van der Waals surface area contributed by atoms with Crippen LogP contribution in [0.1, 0.15) is 17.6 Å². The van der Waals surface area contributed by atoms with Crippen molar-refractivity contribution in [1.29, 1.82) is 0 Å². The topological polar surface area (TPSA) is 183 Å². The van der Waals surface area contributed by atoms with E-state index in [0.717, 1.165) is 0 Å². The maximum Gasteiger partial charge on any atom is 0.269 e. The van der Waals surface area contributed by atoms with Crippen LogP contribution in [-0.4, -0.2) is 64.7 Å². The molecule has 0 amide bonds. The number of nitrogens with zero attached hydrogens (tertiary/aromatic N) is 5. The Morgan fingerprint density at radius 3 is 2.57 bits per heavy atom. The summed E-state index contributed by atoms with van der Waals surface area (Å²) in [5.41, 5.74) is 6.74. The van der Waals surface area contributed by atoms with Gasteiger partial charge >= 0.3 is 0 Å². The van der Waals surface area contributed by atoms with Crippen LogP contribution in [0.4, 0.5) is 11.5 Å². The van der Waals surface area contributed by atoms with Gasteiger partial charge in [0.1, 0.15) is 24.6 Å². The number of non-ortho nitro benzene ring substituents is 1. The lowest BCUT2D eigenvalue weighted by molar-refractivity contribution is -0.384. The molecule has 3 heterocycles. The van der Waals surface area contributed by atoms with Crippen LogP contribution >= 0.6 is 0 Å². The molecule has 1 aliphatic heterocycles. The van der Waals surface area contributed by atoms with Gasteiger partial charge in [0.15, 0.2) is 29.0 Å². The molecule has 1 fully saturated rings. The van der Waals surface area contributed by atoms with E-state index in [1.54, 1.807) is 0 Å². The van der Waals surface area contributed by atoms with Crippen molar-refractivity contribution in [2.75, 3.05) is 12.3 Å². The smallest absolute Gasteiger partial charge is 0.269 e. The van der Waals surface area contributed by atoms with Crippen molar-refractivity contribution >= 4 is 22.7 Å². The van der Waals surface area contributed by atoms with Crippen molar-refractivity contribution < 1.29 is 25.0 Å². The van der Waals surface area contributed by atoms with Gasteiger partial charge in [0.2, 0.25) is 0 Å². The van der Waals surface area contributed by atoms with Crippen LogP contribution in [0.15, 0.2) is 30.6 Å². The number of rotatable bonds is 3. The van der Waals surface area contributed by atoms with Gasteiger partial charge in [0.05, 0.1) is 11.5 Å². The average Bonchev–Trinajstić information content (AvgIpc) is 3.25. The quantitative estimate of drug-likeness (QED) is 0.244. The van der Waals surface area contributed by atoms with Crippen molar-refractivity contribution in [2.45, 2.75) is 24.5 Å². The number of aliphatic hydroxyl groups excluding tert-OH is 3. The molecular formula is C18H16N6O6. The Balaban J connectivity index is 1.80. The summed E-state index contributed by atoms with van der Waals surface area (Å²) >= 11 is 0. The summed E-state index contributed by atoms with van der Waals surface area (Å²) in [6, 6.07) is 5.61. The van der Waals surface area contributed by atoms with Crippen molar-refractivity contribution in [1.82, 2.24) is 19.5 Å². The average molecular weight is 412 g/mol. The van der Waals surface area contributed by atoms with Gasteiger partial charge in [-0.15, -0.1) is 0 Å². The number of nitrogens with two attached hydrogens (primary N) is 1. The number of ether oxygens (including phenoxy) is 1. The van der Waals surface area contributed by atoms with Crippen molar-refractivity contribution in [3.63, 3.8) is 0 Å². The molecule has 1 aromatic carbocycles. The third-order valence-corrected chi connectivity index (χ3v) is 4.67. The highest BCUT2D eigenvalue weighted by atomic mass is 16.6. The third kappa shape index (κ3) is 3.31. The number of nitrogen functional groups attached to an aromatic ring is 1. The summed E-state index contributed by atoms with van der Waals surface area (Å²) in [7, 11) is 0. The summed E-state index contributed by atoms with van der Waals surface area (Å²) < 4.78 is 6.96. The standard InChI is InChI=1S/C18H16N6O6/c19-16-13-17(21-8-20-16)23(18-15(27)14(26)11(7-25)30-18)12(22-13)6-3-9-1-4-10(5-2-9)24(28)29/h1-2,4-5,8,11,14-15,18,25-27H,7H2,(H2,19,20,21)/t11-,14-,15-,18-/m1/s1. The molecule has 0 radical (unpaired) electrons. The van der Waals surface area contributed by atoms with Gasteiger partial charge in [-0.1, -0.05) is 5.92 Å². The SMILES string of the molecule is Nc1ncnc2c1nc(C#Cc1ccc([N+](=O)[O-])cc1)n2[C@@H]1O[C@H](CO)[C@@H](O)[C@H]1O. The number of anilines is 1. The fourth-order valence-corrected chi connectivity index (χ4v) is 3.14. The highest BCUT2D eigenvalue weighted by molar-refractivity contribution is 5.82. The van der Waals surface area contributed by atoms with Gasteiger partial charge in [0.25, 0.3) is 5.69 Å². The van der Waals surface area contributed by atoms with Crippen LogP contribution in [0.3, 0.4) is 0 Å². The first-order valence-corrected chi connectivity index (χ1v) is 8.78. The summed E-state index contributed by atoms with van der Waals surface area (Å²) in [5, 5.41) is 40.7. The number of nitro benzene ring substituents is 1. The molecule has 12 nitrogen and oxygen atoms in total. The maximum absolute atomic E-state index is 10.8. The predicted octanol–water partition coefficient (Wildman–Crippen LogP) is -0.672. The van der Waals surface area contributed by atoms with E-state index >= 15 is 0 Å². The lowest BCUT2D eigenvalue weighted by atomic mass is 10.1. The molecule has 0 unspecified atom stereocenters. The largest absolute Gasteiger partial charge is 0.394 e. The molecule has 30 heavy (non-hydrogen) atoms. The van der Waals surface area contributed by atoms with E-state index < -0.39 is 36.1 Å². The first-order chi connectivity index (χ1) is 14.4. The summed E-state index contributed by atoms with van der Waals surface area (Å²) in [6.07, 6.45) is -3.62. The minimum atomic E-state index is -1.38. The van der Waals surface area contributed by atoms with E-state index in [2.05, 4.69) is 26.8 Å². The van der Waals surface area contributed by atoms with E-state index in [-0.39, 0.29) is 28.5 Å². The number of hydrogen-bond acceptors (Lipinski definition) is 10. The molecule has 12 heteroatoms. The van der Waals surface area contributed by atoms with E-state index in [1.807, 2.05) is 0 Å².